The van der Waals surface area contributed by atoms with Crippen LogP contribution in [0.2, 0.25) is 0 Å². The summed E-state index contributed by atoms with van der Waals surface area (Å²) in [6.07, 6.45) is 0.0693. The van der Waals surface area contributed by atoms with E-state index in [-0.39, 0.29) is 6.10 Å². The maximum Gasteiger partial charge on any atom is 0.162 e. The molecule has 1 aliphatic heterocycles. The zero-order valence-corrected chi connectivity index (χ0v) is 14.5. The van der Waals surface area contributed by atoms with E-state index in [0.717, 1.165) is 39.7 Å². The molecular formula is C21H20N2O2. The zero-order valence-electron chi connectivity index (χ0n) is 14.5. The maximum atomic E-state index is 5.89. The quantitative estimate of drug-likeness (QED) is 0.719. The maximum absolute atomic E-state index is 5.89. The Morgan fingerprint density at radius 3 is 2.52 bits per heavy atom. The Morgan fingerprint density at radius 2 is 1.76 bits per heavy atom. The monoisotopic (exact) mass is 332 g/mol. The Bertz CT molecular complexity index is 972. The Morgan fingerprint density at radius 1 is 0.960 bits per heavy atom. The van der Waals surface area contributed by atoms with Gasteiger partial charge in [0.15, 0.2) is 11.5 Å². The van der Waals surface area contributed by atoms with Gasteiger partial charge in [0.1, 0.15) is 5.84 Å². The number of nitrogens with zero attached hydrogens (tertiary/aromatic N) is 1. The highest BCUT2D eigenvalue weighted by molar-refractivity contribution is 6.19. The van der Waals surface area contributed by atoms with E-state index in [9.17, 15) is 0 Å². The van der Waals surface area contributed by atoms with Crippen LogP contribution in [0.1, 0.15) is 19.4 Å². The summed E-state index contributed by atoms with van der Waals surface area (Å²) in [6.45, 7) is 4.00. The number of hydrogen-bond donors (Lipinski definition) is 1. The number of ether oxygens (including phenoxy) is 2. The van der Waals surface area contributed by atoms with Gasteiger partial charge in [-0.1, -0.05) is 24.3 Å². The molecule has 3 aromatic rings. The van der Waals surface area contributed by atoms with E-state index in [2.05, 4.69) is 29.6 Å². The van der Waals surface area contributed by atoms with Crippen LogP contribution in [0.15, 0.2) is 59.6 Å². The molecule has 0 aromatic heterocycles. The summed E-state index contributed by atoms with van der Waals surface area (Å²) < 4.78 is 11.3. The standard InChI is InChI=1S/C21H20N2O2/c1-13(2)25-19-12-15(10-11-18(19)24-3)21-22-16-8-4-6-14-7-5-9-17(23-21)20(14)16/h4-13H,1-3H3,(H,22,23). The second-order valence-corrected chi connectivity index (χ2v) is 6.30. The zero-order chi connectivity index (χ0) is 17.4. The van der Waals surface area contributed by atoms with E-state index in [1.807, 2.05) is 44.2 Å². The first-order valence-corrected chi connectivity index (χ1v) is 8.38. The molecular weight excluding hydrogens is 312 g/mol. The summed E-state index contributed by atoms with van der Waals surface area (Å²) in [7, 11) is 1.65. The molecule has 0 radical (unpaired) electrons. The van der Waals surface area contributed by atoms with E-state index in [4.69, 9.17) is 14.5 Å². The van der Waals surface area contributed by atoms with Crippen LogP contribution in [-0.4, -0.2) is 19.0 Å². The topological polar surface area (TPSA) is 42.8 Å². The Kier molecular flexibility index (Phi) is 3.80. The minimum absolute atomic E-state index is 0.0693. The molecule has 0 saturated carbocycles. The van der Waals surface area contributed by atoms with Crippen molar-refractivity contribution < 1.29 is 9.47 Å². The van der Waals surface area contributed by atoms with Gasteiger partial charge in [0, 0.05) is 16.6 Å². The first-order valence-electron chi connectivity index (χ1n) is 8.38. The van der Waals surface area contributed by atoms with Crippen LogP contribution in [0.4, 0.5) is 11.4 Å². The van der Waals surface area contributed by atoms with Crippen molar-refractivity contribution in [2.24, 2.45) is 4.99 Å². The minimum Gasteiger partial charge on any atom is -0.493 e. The second kappa shape index (κ2) is 6.13. The van der Waals surface area contributed by atoms with E-state index < -0.39 is 0 Å². The van der Waals surface area contributed by atoms with Crippen LogP contribution in [0.5, 0.6) is 11.5 Å². The third kappa shape index (κ3) is 2.80. The number of amidine groups is 1. The van der Waals surface area contributed by atoms with Gasteiger partial charge in [-0.25, -0.2) is 4.99 Å². The highest BCUT2D eigenvalue weighted by Gasteiger charge is 2.17. The molecule has 0 spiro atoms. The van der Waals surface area contributed by atoms with Crippen molar-refractivity contribution in [2.45, 2.75) is 20.0 Å². The highest BCUT2D eigenvalue weighted by atomic mass is 16.5. The van der Waals surface area contributed by atoms with Crippen LogP contribution < -0.4 is 14.8 Å². The summed E-state index contributed by atoms with van der Waals surface area (Å²) in [5, 5.41) is 5.79. The summed E-state index contributed by atoms with van der Waals surface area (Å²) in [5.74, 6) is 2.25. The molecule has 1 aliphatic rings. The van der Waals surface area contributed by atoms with Crippen LogP contribution >= 0.6 is 0 Å². The fourth-order valence-electron chi connectivity index (χ4n) is 3.10. The third-order valence-corrected chi connectivity index (χ3v) is 4.17. The number of benzene rings is 3. The van der Waals surface area contributed by atoms with Crippen LogP contribution in [0.3, 0.4) is 0 Å². The number of nitrogens with one attached hydrogen (secondary N) is 1. The summed E-state index contributed by atoms with van der Waals surface area (Å²) >= 11 is 0. The molecule has 126 valence electrons. The number of hydrogen-bond acceptors (Lipinski definition) is 4. The molecule has 0 bridgehead atoms. The minimum atomic E-state index is 0.0693. The average molecular weight is 332 g/mol. The number of aliphatic imine (C=N–C) groups is 1. The van der Waals surface area contributed by atoms with Gasteiger partial charge < -0.3 is 14.8 Å². The lowest BCUT2D eigenvalue weighted by Crippen LogP contribution is -2.16. The SMILES string of the molecule is COc1ccc(C2=Nc3cccc4cccc(c34)N2)cc1OC(C)C. The molecule has 0 saturated heterocycles. The summed E-state index contributed by atoms with van der Waals surface area (Å²) in [5.41, 5.74) is 3.01. The van der Waals surface area contributed by atoms with E-state index in [1.165, 1.54) is 5.39 Å². The largest absolute Gasteiger partial charge is 0.493 e. The first-order chi connectivity index (χ1) is 12.2. The molecule has 0 amide bonds. The molecule has 0 fully saturated rings. The van der Waals surface area contributed by atoms with Crippen LogP contribution in [0, 0.1) is 0 Å². The predicted molar refractivity (Wildman–Crippen MR) is 103 cm³/mol. The van der Waals surface area contributed by atoms with Gasteiger partial charge >= 0.3 is 0 Å². The van der Waals surface area contributed by atoms with Gasteiger partial charge in [-0.3, -0.25) is 0 Å². The molecule has 0 atom stereocenters. The van der Waals surface area contributed by atoms with Gasteiger partial charge in [-0.15, -0.1) is 0 Å². The lowest BCUT2D eigenvalue weighted by Gasteiger charge is -2.20. The van der Waals surface area contributed by atoms with E-state index >= 15 is 0 Å². The molecule has 1 heterocycles. The van der Waals surface area contributed by atoms with Gasteiger partial charge in [0.25, 0.3) is 0 Å². The van der Waals surface area contributed by atoms with Crippen molar-refractivity contribution in [3.63, 3.8) is 0 Å². The molecule has 4 nitrogen and oxygen atoms in total. The van der Waals surface area contributed by atoms with E-state index in [1.54, 1.807) is 7.11 Å². The Labute approximate surface area is 147 Å². The smallest absolute Gasteiger partial charge is 0.162 e. The second-order valence-electron chi connectivity index (χ2n) is 6.30. The van der Waals surface area contributed by atoms with Gasteiger partial charge in [0.05, 0.1) is 18.9 Å². The molecule has 0 unspecified atom stereocenters. The first kappa shape index (κ1) is 15.5. The van der Waals surface area contributed by atoms with Gasteiger partial charge in [0.2, 0.25) is 0 Å². The fourth-order valence-corrected chi connectivity index (χ4v) is 3.10. The molecule has 4 heteroatoms. The van der Waals surface area contributed by atoms with Crippen LogP contribution in [-0.2, 0) is 0 Å². The number of anilines is 1. The molecule has 4 rings (SSSR count). The summed E-state index contributed by atoms with van der Waals surface area (Å²) in [4.78, 5) is 4.82. The molecule has 0 aliphatic carbocycles. The van der Waals surface area contributed by atoms with Crippen molar-refractivity contribution in [3.05, 3.63) is 60.2 Å². The van der Waals surface area contributed by atoms with Crippen LogP contribution in [0.25, 0.3) is 10.8 Å². The average Bonchev–Trinajstić information content (AvgIpc) is 2.61. The van der Waals surface area contributed by atoms with Crippen molar-refractivity contribution in [1.29, 1.82) is 0 Å². The van der Waals surface area contributed by atoms with Crippen molar-refractivity contribution >= 4 is 28.0 Å². The predicted octanol–water partition coefficient (Wildman–Crippen LogP) is 5.14. The number of methoxy groups -OCH3 is 1. The third-order valence-electron chi connectivity index (χ3n) is 4.17. The molecule has 25 heavy (non-hydrogen) atoms. The lowest BCUT2D eigenvalue weighted by atomic mass is 10.0. The fraction of sp³-hybridized carbons (Fsp3) is 0.190. The molecule has 3 aromatic carbocycles. The van der Waals surface area contributed by atoms with Gasteiger partial charge in [-0.2, -0.15) is 0 Å². The number of rotatable bonds is 4. The van der Waals surface area contributed by atoms with Crippen molar-refractivity contribution in [3.8, 4) is 11.5 Å². The van der Waals surface area contributed by atoms with E-state index in [0.29, 0.717) is 0 Å². The summed E-state index contributed by atoms with van der Waals surface area (Å²) in [6, 6.07) is 18.3. The van der Waals surface area contributed by atoms with Crippen molar-refractivity contribution in [1.82, 2.24) is 0 Å². The Hall–Kier alpha value is -3.01. The molecule has 1 N–H and O–H groups in total. The van der Waals surface area contributed by atoms with Gasteiger partial charge in [-0.05, 0) is 49.6 Å². The normalized spacial score (nSPS) is 12.7. The lowest BCUT2D eigenvalue weighted by molar-refractivity contribution is 0.230. The highest BCUT2D eigenvalue weighted by Crippen LogP contribution is 2.37. The Balaban J connectivity index is 1.81. The van der Waals surface area contributed by atoms with Crippen molar-refractivity contribution in [2.75, 3.05) is 12.4 Å².